The van der Waals surface area contributed by atoms with Crippen LogP contribution in [-0.2, 0) is 4.79 Å². The second kappa shape index (κ2) is 8.75. The quantitative estimate of drug-likeness (QED) is 0.827. The predicted octanol–water partition coefficient (Wildman–Crippen LogP) is 2.76. The van der Waals surface area contributed by atoms with E-state index in [0.717, 1.165) is 42.5 Å². The minimum absolute atomic E-state index is 0. The average molecular weight is 335 g/mol. The Bertz CT molecular complexity index is 636. The molecule has 1 fully saturated rings. The molecular weight excluding hydrogens is 312 g/mol. The van der Waals surface area contributed by atoms with Crippen LogP contribution in [0.5, 0.6) is 5.75 Å². The maximum Gasteiger partial charge on any atom is 0.224 e. The normalized spacial score (nSPS) is 17.3. The first-order valence-corrected chi connectivity index (χ1v) is 7.93. The lowest BCUT2D eigenvalue weighted by Gasteiger charge is -2.21. The molecule has 1 aliphatic rings. The van der Waals surface area contributed by atoms with Crippen LogP contribution in [0, 0.1) is 5.92 Å². The number of benzene rings is 2. The summed E-state index contributed by atoms with van der Waals surface area (Å²) in [5.41, 5.74) is 0. The number of halogens is 1. The second-order valence-corrected chi connectivity index (χ2v) is 5.66. The zero-order chi connectivity index (χ0) is 15.2. The Labute approximate surface area is 143 Å². The minimum atomic E-state index is 0. The Kier molecular flexibility index (Phi) is 6.68. The van der Waals surface area contributed by atoms with Gasteiger partial charge in [0, 0.05) is 11.9 Å². The van der Waals surface area contributed by atoms with E-state index in [9.17, 15) is 4.79 Å². The zero-order valence-corrected chi connectivity index (χ0v) is 13.9. The number of hydrogen-bond donors (Lipinski definition) is 2. The summed E-state index contributed by atoms with van der Waals surface area (Å²) < 4.78 is 5.83. The molecule has 2 N–H and O–H groups in total. The summed E-state index contributed by atoms with van der Waals surface area (Å²) in [4.78, 5) is 12.0. The molecule has 1 saturated heterocycles. The smallest absolute Gasteiger partial charge is 0.224 e. The second-order valence-electron chi connectivity index (χ2n) is 5.66. The topological polar surface area (TPSA) is 50.4 Å². The van der Waals surface area contributed by atoms with Crippen molar-refractivity contribution in [3.63, 3.8) is 0 Å². The number of hydrogen-bond acceptors (Lipinski definition) is 3. The van der Waals surface area contributed by atoms with Gasteiger partial charge in [-0.25, -0.2) is 0 Å². The molecule has 2 aromatic carbocycles. The van der Waals surface area contributed by atoms with Gasteiger partial charge in [-0.15, -0.1) is 12.4 Å². The summed E-state index contributed by atoms with van der Waals surface area (Å²) in [6, 6.07) is 14.2. The Morgan fingerprint density at radius 2 is 2.04 bits per heavy atom. The lowest BCUT2D eigenvalue weighted by molar-refractivity contribution is -0.125. The van der Waals surface area contributed by atoms with Crippen molar-refractivity contribution in [2.45, 2.75) is 12.8 Å². The molecule has 23 heavy (non-hydrogen) atoms. The predicted molar refractivity (Wildman–Crippen MR) is 95.3 cm³/mol. The molecule has 124 valence electrons. The van der Waals surface area contributed by atoms with Crippen LogP contribution in [0.1, 0.15) is 12.8 Å². The molecule has 1 atom stereocenters. The average Bonchev–Trinajstić information content (AvgIpc) is 2.59. The van der Waals surface area contributed by atoms with E-state index in [4.69, 9.17) is 4.74 Å². The number of amides is 1. The van der Waals surface area contributed by atoms with Crippen LogP contribution in [0.15, 0.2) is 42.5 Å². The lowest BCUT2D eigenvalue weighted by atomic mass is 9.99. The van der Waals surface area contributed by atoms with E-state index in [0.29, 0.717) is 13.2 Å². The number of carbonyl (C=O) groups excluding carboxylic acids is 1. The van der Waals surface area contributed by atoms with E-state index in [1.807, 2.05) is 24.3 Å². The number of fused-ring (bicyclic) bond motifs is 1. The standard InChI is InChI=1S/C18H22N2O2.ClH/c21-18(15-7-4-10-19-13-15)20-11-12-22-17-9-3-6-14-5-1-2-8-16(14)17;/h1-3,5-6,8-9,15,19H,4,7,10-13H2,(H,20,21);1H. The first-order chi connectivity index (χ1) is 10.8. The summed E-state index contributed by atoms with van der Waals surface area (Å²) in [6.45, 7) is 2.84. The molecule has 0 aromatic heterocycles. The van der Waals surface area contributed by atoms with Crippen molar-refractivity contribution in [1.82, 2.24) is 10.6 Å². The van der Waals surface area contributed by atoms with Gasteiger partial charge >= 0.3 is 0 Å². The molecule has 2 aromatic rings. The van der Waals surface area contributed by atoms with Gasteiger partial charge in [0.05, 0.1) is 12.5 Å². The summed E-state index contributed by atoms with van der Waals surface area (Å²) in [6.07, 6.45) is 2.05. The van der Waals surface area contributed by atoms with Crippen LogP contribution in [-0.4, -0.2) is 32.1 Å². The van der Waals surface area contributed by atoms with Crippen LogP contribution >= 0.6 is 12.4 Å². The Balaban J connectivity index is 0.00000192. The molecule has 4 nitrogen and oxygen atoms in total. The molecule has 5 heteroatoms. The van der Waals surface area contributed by atoms with Gasteiger partial charge in [-0.2, -0.15) is 0 Å². The SMILES string of the molecule is Cl.O=C(NCCOc1cccc2ccccc12)C1CCCNC1. The molecule has 0 spiro atoms. The summed E-state index contributed by atoms with van der Waals surface area (Å²) in [7, 11) is 0. The van der Waals surface area contributed by atoms with Gasteiger partial charge in [-0.3, -0.25) is 4.79 Å². The number of nitrogens with one attached hydrogen (secondary N) is 2. The Morgan fingerprint density at radius 3 is 2.87 bits per heavy atom. The number of piperidine rings is 1. The van der Waals surface area contributed by atoms with E-state index in [1.54, 1.807) is 0 Å². The number of ether oxygens (including phenoxy) is 1. The van der Waals surface area contributed by atoms with Gasteiger partial charge < -0.3 is 15.4 Å². The van der Waals surface area contributed by atoms with Gasteiger partial charge in [0.2, 0.25) is 5.91 Å². The van der Waals surface area contributed by atoms with Gasteiger partial charge in [-0.05, 0) is 30.8 Å². The fourth-order valence-electron chi connectivity index (χ4n) is 2.88. The van der Waals surface area contributed by atoms with E-state index in [-0.39, 0.29) is 24.2 Å². The van der Waals surface area contributed by atoms with Gasteiger partial charge in [-0.1, -0.05) is 36.4 Å². The third kappa shape index (κ3) is 4.60. The van der Waals surface area contributed by atoms with Crippen LogP contribution in [0.2, 0.25) is 0 Å². The molecule has 1 amide bonds. The maximum atomic E-state index is 12.0. The van der Waals surface area contributed by atoms with E-state index in [1.165, 1.54) is 0 Å². The maximum absolute atomic E-state index is 12.0. The van der Waals surface area contributed by atoms with Crippen molar-refractivity contribution < 1.29 is 9.53 Å². The van der Waals surface area contributed by atoms with E-state index in [2.05, 4.69) is 28.8 Å². The fraction of sp³-hybridized carbons (Fsp3) is 0.389. The Hall–Kier alpha value is -1.78. The molecular formula is C18H23ClN2O2. The van der Waals surface area contributed by atoms with Crippen molar-refractivity contribution >= 4 is 29.1 Å². The molecule has 0 radical (unpaired) electrons. The van der Waals surface area contributed by atoms with Gasteiger partial charge in [0.25, 0.3) is 0 Å². The third-order valence-electron chi connectivity index (χ3n) is 4.08. The van der Waals surface area contributed by atoms with Crippen molar-refractivity contribution in [2.75, 3.05) is 26.2 Å². The first kappa shape index (κ1) is 17.6. The minimum Gasteiger partial charge on any atom is -0.491 e. The van der Waals surface area contributed by atoms with Crippen molar-refractivity contribution in [2.24, 2.45) is 5.92 Å². The largest absolute Gasteiger partial charge is 0.491 e. The lowest BCUT2D eigenvalue weighted by Crippen LogP contribution is -2.41. The third-order valence-corrected chi connectivity index (χ3v) is 4.08. The summed E-state index contributed by atoms with van der Waals surface area (Å²) >= 11 is 0. The number of carbonyl (C=O) groups is 1. The highest BCUT2D eigenvalue weighted by molar-refractivity contribution is 5.88. The highest BCUT2D eigenvalue weighted by Crippen LogP contribution is 2.24. The highest BCUT2D eigenvalue weighted by Gasteiger charge is 2.20. The van der Waals surface area contributed by atoms with Crippen LogP contribution in [0.3, 0.4) is 0 Å². The molecule has 0 bridgehead atoms. The number of rotatable bonds is 5. The molecule has 3 rings (SSSR count). The Morgan fingerprint density at radius 1 is 1.22 bits per heavy atom. The van der Waals surface area contributed by atoms with Crippen LogP contribution in [0.25, 0.3) is 10.8 Å². The molecule has 1 aliphatic heterocycles. The summed E-state index contributed by atoms with van der Waals surface area (Å²) in [5.74, 6) is 1.10. The molecule has 1 heterocycles. The molecule has 0 aliphatic carbocycles. The molecule has 1 unspecified atom stereocenters. The van der Waals surface area contributed by atoms with Crippen molar-refractivity contribution in [3.05, 3.63) is 42.5 Å². The zero-order valence-electron chi connectivity index (χ0n) is 13.1. The van der Waals surface area contributed by atoms with Crippen molar-refractivity contribution in [1.29, 1.82) is 0 Å². The van der Waals surface area contributed by atoms with E-state index < -0.39 is 0 Å². The van der Waals surface area contributed by atoms with Gasteiger partial charge in [0.1, 0.15) is 12.4 Å². The highest BCUT2D eigenvalue weighted by atomic mass is 35.5. The fourth-order valence-corrected chi connectivity index (χ4v) is 2.88. The first-order valence-electron chi connectivity index (χ1n) is 7.93. The van der Waals surface area contributed by atoms with E-state index >= 15 is 0 Å². The van der Waals surface area contributed by atoms with Crippen LogP contribution in [0.4, 0.5) is 0 Å². The van der Waals surface area contributed by atoms with Crippen LogP contribution < -0.4 is 15.4 Å². The monoisotopic (exact) mass is 334 g/mol. The van der Waals surface area contributed by atoms with Gasteiger partial charge in [0.15, 0.2) is 0 Å². The van der Waals surface area contributed by atoms with Crippen molar-refractivity contribution in [3.8, 4) is 5.75 Å². The molecule has 0 saturated carbocycles. The summed E-state index contributed by atoms with van der Waals surface area (Å²) in [5, 5.41) is 8.50.